The summed E-state index contributed by atoms with van der Waals surface area (Å²) in [6.45, 7) is 0.302. The van der Waals surface area contributed by atoms with Crippen molar-refractivity contribution < 1.29 is 19.8 Å². The Morgan fingerprint density at radius 2 is 2.00 bits per heavy atom. The molecule has 0 aliphatic carbocycles. The number of aliphatic hydroxyl groups is 1. The molecular formula is C21H25ClN2O4. The number of nitrogens with zero attached hydrogens (tertiary/aromatic N) is 2. The smallest absolute Gasteiger partial charge is 0.314 e. The summed E-state index contributed by atoms with van der Waals surface area (Å²) in [6, 6.07) is 11.4. The number of hydrogen-bond donors (Lipinski definition) is 2. The van der Waals surface area contributed by atoms with Crippen LogP contribution in [-0.2, 0) is 18.3 Å². The number of aliphatic carboxylic acids is 1. The zero-order valence-corrected chi connectivity index (χ0v) is 16.6. The molecule has 1 fully saturated rings. The molecule has 2 N–H and O–H groups in total. The highest BCUT2D eigenvalue weighted by Crippen LogP contribution is 2.36. The Kier molecular flexibility index (Phi) is 6.10. The van der Waals surface area contributed by atoms with Crippen molar-refractivity contribution in [1.29, 1.82) is 0 Å². The second-order valence-electron chi connectivity index (χ2n) is 7.49. The van der Waals surface area contributed by atoms with E-state index < -0.39 is 17.5 Å². The lowest BCUT2D eigenvalue weighted by Crippen LogP contribution is -2.57. The molecule has 0 saturated carbocycles. The normalized spacial score (nSPS) is 22.2. The SMILES string of the molecule is Cn1cc(Cl)cc1C(=O)N1CC[C@@H](O)[C@](CCCc2ccccc2)(C(=O)O)C1. The molecule has 2 atom stereocenters. The van der Waals surface area contributed by atoms with Gasteiger partial charge in [0.15, 0.2) is 0 Å². The first kappa shape index (κ1) is 20.4. The number of aromatic nitrogens is 1. The number of amides is 1. The Bertz CT molecular complexity index is 851. The Balaban J connectivity index is 1.76. The molecule has 2 aromatic rings. The number of likely N-dealkylation sites (tertiary alicyclic amines) is 1. The fourth-order valence-electron chi connectivity index (χ4n) is 3.97. The molecule has 6 nitrogen and oxygen atoms in total. The number of carboxylic acid groups (broad SMARTS) is 1. The first-order valence-corrected chi connectivity index (χ1v) is 9.78. The molecule has 150 valence electrons. The molecule has 0 unspecified atom stereocenters. The van der Waals surface area contributed by atoms with Crippen molar-refractivity contribution in [3.8, 4) is 0 Å². The molecule has 1 amide bonds. The Labute approximate surface area is 169 Å². The number of carbonyl (C=O) groups is 2. The van der Waals surface area contributed by atoms with E-state index in [2.05, 4.69) is 0 Å². The number of hydrogen-bond acceptors (Lipinski definition) is 3. The Morgan fingerprint density at radius 3 is 2.61 bits per heavy atom. The van der Waals surface area contributed by atoms with Gasteiger partial charge in [0.25, 0.3) is 5.91 Å². The van der Waals surface area contributed by atoms with E-state index in [1.54, 1.807) is 23.9 Å². The molecule has 1 saturated heterocycles. The lowest BCUT2D eigenvalue weighted by atomic mass is 9.73. The highest BCUT2D eigenvalue weighted by molar-refractivity contribution is 6.31. The topological polar surface area (TPSA) is 82.8 Å². The summed E-state index contributed by atoms with van der Waals surface area (Å²) in [5, 5.41) is 21.0. The standard InChI is InChI=1S/C21H25ClN2O4/c1-23-13-16(22)12-17(23)19(26)24-11-9-18(25)21(14-24,20(27)28)10-5-8-15-6-3-2-4-7-15/h2-4,6-7,12-13,18,25H,5,8-11,14H2,1H3,(H,27,28)/t18-,21-/m1/s1. The highest BCUT2D eigenvalue weighted by atomic mass is 35.5. The summed E-state index contributed by atoms with van der Waals surface area (Å²) in [7, 11) is 1.72. The Morgan fingerprint density at radius 1 is 1.29 bits per heavy atom. The Hall–Kier alpha value is -2.31. The number of aryl methyl sites for hydroxylation is 2. The average molecular weight is 405 g/mol. The summed E-state index contributed by atoms with van der Waals surface area (Å²) >= 11 is 5.98. The lowest BCUT2D eigenvalue weighted by molar-refractivity contribution is -0.162. The molecule has 0 radical (unpaired) electrons. The first-order valence-electron chi connectivity index (χ1n) is 9.40. The van der Waals surface area contributed by atoms with Crippen LogP contribution in [0.25, 0.3) is 0 Å². The predicted molar refractivity (Wildman–Crippen MR) is 106 cm³/mol. The minimum absolute atomic E-state index is 0.0140. The van der Waals surface area contributed by atoms with Gasteiger partial charge < -0.3 is 19.7 Å². The van der Waals surface area contributed by atoms with Crippen molar-refractivity contribution in [3.05, 3.63) is 58.9 Å². The maximum Gasteiger partial charge on any atom is 0.314 e. The molecule has 1 aliphatic heterocycles. The zero-order valence-electron chi connectivity index (χ0n) is 15.8. The molecule has 7 heteroatoms. The molecule has 2 heterocycles. The number of benzene rings is 1. The molecule has 1 aromatic heterocycles. The molecule has 1 aliphatic rings. The molecule has 28 heavy (non-hydrogen) atoms. The van der Waals surface area contributed by atoms with Crippen LogP contribution in [0.1, 0.15) is 35.3 Å². The summed E-state index contributed by atoms with van der Waals surface area (Å²) in [4.78, 5) is 26.6. The van der Waals surface area contributed by atoms with E-state index in [4.69, 9.17) is 11.6 Å². The number of carbonyl (C=O) groups excluding carboxylic acids is 1. The second-order valence-corrected chi connectivity index (χ2v) is 7.92. The van der Waals surface area contributed by atoms with E-state index in [-0.39, 0.29) is 18.9 Å². The first-order chi connectivity index (χ1) is 13.3. The number of carboxylic acids is 1. The maximum atomic E-state index is 12.9. The van der Waals surface area contributed by atoms with Gasteiger partial charge in [-0.25, -0.2) is 0 Å². The van der Waals surface area contributed by atoms with E-state index in [1.807, 2.05) is 30.3 Å². The van der Waals surface area contributed by atoms with Crippen molar-refractivity contribution >= 4 is 23.5 Å². The molecule has 3 rings (SSSR count). The quantitative estimate of drug-likeness (QED) is 0.775. The van der Waals surface area contributed by atoms with Gasteiger partial charge >= 0.3 is 5.97 Å². The number of piperidine rings is 1. The molecule has 1 aromatic carbocycles. The van der Waals surface area contributed by atoms with Crippen LogP contribution in [0.3, 0.4) is 0 Å². The van der Waals surface area contributed by atoms with Crippen molar-refractivity contribution in [3.63, 3.8) is 0 Å². The summed E-state index contributed by atoms with van der Waals surface area (Å²) in [5.41, 5.74) is 0.169. The molecular weight excluding hydrogens is 380 g/mol. The monoisotopic (exact) mass is 404 g/mol. The fourth-order valence-corrected chi connectivity index (χ4v) is 4.22. The van der Waals surface area contributed by atoms with E-state index >= 15 is 0 Å². The number of halogens is 1. The second kappa shape index (κ2) is 8.37. The van der Waals surface area contributed by atoms with Crippen LogP contribution in [0.2, 0.25) is 5.02 Å². The van der Waals surface area contributed by atoms with E-state index in [1.165, 1.54) is 4.90 Å². The van der Waals surface area contributed by atoms with Gasteiger partial charge in [-0.15, -0.1) is 0 Å². The average Bonchev–Trinajstić information content (AvgIpc) is 3.01. The van der Waals surface area contributed by atoms with Gasteiger partial charge in [-0.3, -0.25) is 9.59 Å². The van der Waals surface area contributed by atoms with Crippen molar-refractivity contribution in [2.45, 2.75) is 31.8 Å². The van der Waals surface area contributed by atoms with Gasteiger partial charge in [0.2, 0.25) is 0 Å². The van der Waals surface area contributed by atoms with Gasteiger partial charge in [0.1, 0.15) is 11.1 Å². The summed E-state index contributed by atoms with van der Waals surface area (Å²) in [6.07, 6.45) is 2.53. The third-order valence-electron chi connectivity index (χ3n) is 5.62. The van der Waals surface area contributed by atoms with Crippen molar-refractivity contribution in [2.24, 2.45) is 12.5 Å². The highest BCUT2D eigenvalue weighted by Gasteiger charge is 2.49. The minimum Gasteiger partial charge on any atom is -0.481 e. The van der Waals surface area contributed by atoms with Crippen LogP contribution >= 0.6 is 11.6 Å². The van der Waals surface area contributed by atoms with Crippen LogP contribution in [0, 0.1) is 5.41 Å². The summed E-state index contributed by atoms with van der Waals surface area (Å²) < 4.78 is 1.63. The van der Waals surface area contributed by atoms with E-state index in [9.17, 15) is 19.8 Å². The van der Waals surface area contributed by atoms with E-state index in [0.29, 0.717) is 30.1 Å². The minimum atomic E-state index is -1.36. The predicted octanol–water partition coefficient (Wildman–Crippen LogP) is 2.98. The van der Waals surface area contributed by atoms with Gasteiger partial charge in [-0.05, 0) is 37.3 Å². The van der Waals surface area contributed by atoms with Crippen LogP contribution in [-0.4, -0.2) is 50.8 Å². The number of aliphatic hydroxyl groups excluding tert-OH is 1. The van der Waals surface area contributed by atoms with Gasteiger partial charge in [-0.2, -0.15) is 0 Å². The largest absolute Gasteiger partial charge is 0.481 e. The van der Waals surface area contributed by atoms with Crippen LogP contribution < -0.4 is 0 Å². The third-order valence-corrected chi connectivity index (χ3v) is 5.83. The van der Waals surface area contributed by atoms with Crippen LogP contribution in [0.15, 0.2) is 42.6 Å². The maximum absolute atomic E-state index is 12.9. The van der Waals surface area contributed by atoms with Gasteiger partial charge in [0, 0.05) is 26.3 Å². The van der Waals surface area contributed by atoms with Crippen LogP contribution in [0.4, 0.5) is 0 Å². The third kappa shape index (κ3) is 4.08. The van der Waals surface area contributed by atoms with Gasteiger partial charge in [-0.1, -0.05) is 41.9 Å². The van der Waals surface area contributed by atoms with Crippen molar-refractivity contribution in [2.75, 3.05) is 13.1 Å². The zero-order chi connectivity index (χ0) is 20.3. The molecule has 0 bridgehead atoms. The summed E-state index contributed by atoms with van der Waals surface area (Å²) in [5.74, 6) is -1.33. The number of rotatable bonds is 6. The van der Waals surface area contributed by atoms with E-state index in [0.717, 1.165) is 12.0 Å². The molecule has 0 spiro atoms. The fraction of sp³-hybridized carbons (Fsp3) is 0.429. The van der Waals surface area contributed by atoms with Crippen molar-refractivity contribution in [1.82, 2.24) is 9.47 Å². The van der Waals surface area contributed by atoms with Gasteiger partial charge in [0.05, 0.1) is 11.1 Å². The van der Waals surface area contributed by atoms with Crippen LogP contribution in [0.5, 0.6) is 0 Å². The lowest BCUT2D eigenvalue weighted by Gasteiger charge is -2.43.